The molecule has 1 heterocycles. The fraction of sp³-hybridized carbons (Fsp3) is 0.0137. The van der Waals surface area contributed by atoms with E-state index in [-0.39, 0.29) is 0 Å². The number of nitrogens with zero attached hydrogens (tertiary/aromatic N) is 2. The van der Waals surface area contributed by atoms with E-state index in [4.69, 9.17) is 0 Å². The minimum Gasteiger partial charge on any atom is -0.311 e. The molecule has 0 radical (unpaired) electrons. The van der Waals surface area contributed by atoms with Crippen molar-refractivity contribution in [3.63, 3.8) is 0 Å². The Bertz CT molecular complexity index is 4140. The first-order valence-electron chi connectivity index (χ1n) is 25.9. The highest BCUT2D eigenvalue weighted by Crippen LogP contribution is 2.57. The lowest BCUT2D eigenvalue weighted by Gasteiger charge is -2.34. The predicted octanol–water partition coefficient (Wildman–Crippen LogP) is 19.3. The van der Waals surface area contributed by atoms with Crippen LogP contribution in [-0.2, 0) is 5.41 Å². The van der Waals surface area contributed by atoms with E-state index in [2.05, 4.69) is 313 Å². The minimum atomic E-state index is -0.498. The van der Waals surface area contributed by atoms with Crippen LogP contribution in [0.1, 0.15) is 22.3 Å². The van der Waals surface area contributed by atoms with Crippen LogP contribution in [0.4, 0.5) is 17.1 Å². The Morgan fingerprint density at radius 3 is 1.31 bits per heavy atom. The Morgan fingerprint density at radius 1 is 0.253 bits per heavy atom. The molecule has 75 heavy (non-hydrogen) atoms. The Labute approximate surface area is 438 Å². The summed E-state index contributed by atoms with van der Waals surface area (Å²) in [6.07, 6.45) is 0. The molecule has 1 aliphatic rings. The monoisotopic (exact) mass is 954 g/mol. The maximum absolute atomic E-state index is 2.49. The molecule has 14 rings (SSSR count). The summed E-state index contributed by atoms with van der Waals surface area (Å²) in [4.78, 5) is 2.34. The second-order valence-electron chi connectivity index (χ2n) is 19.6. The van der Waals surface area contributed by atoms with Gasteiger partial charge < -0.3 is 9.47 Å². The van der Waals surface area contributed by atoms with Gasteiger partial charge in [0.1, 0.15) is 0 Å². The van der Waals surface area contributed by atoms with Gasteiger partial charge >= 0.3 is 0 Å². The molecule has 0 saturated heterocycles. The Balaban J connectivity index is 0.844. The standard InChI is InChI=1S/C73H50N2/c1-5-19-51(20-6-1)52-33-35-53(36-34-52)54-37-42-60(43-38-54)74(59-25-11-4-12-26-59)61-44-39-55(40-45-61)63-27-13-14-28-64(63)56-41-47-68-67-30-16-18-32-71(67)75(72(68)49-56)62-46-48-66-65-29-15-17-31-69(65)73(70(66)50-62,57-21-7-2-8-22-57)58-23-9-3-10-24-58/h1-50H. The highest BCUT2D eigenvalue weighted by Gasteiger charge is 2.46. The average molecular weight is 955 g/mol. The molecule has 0 atom stereocenters. The molecular weight excluding hydrogens is 905 g/mol. The van der Waals surface area contributed by atoms with Gasteiger partial charge in [-0.25, -0.2) is 0 Å². The van der Waals surface area contributed by atoms with Crippen LogP contribution in [-0.4, -0.2) is 4.57 Å². The van der Waals surface area contributed by atoms with Gasteiger partial charge in [-0.15, -0.1) is 0 Å². The van der Waals surface area contributed by atoms with Gasteiger partial charge in [0.05, 0.1) is 16.4 Å². The van der Waals surface area contributed by atoms with Gasteiger partial charge in [-0.1, -0.05) is 243 Å². The van der Waals surface area contributed by atoms with Crippen molar-refractivity contribution >= 4 is 38.9 Å². The van der Waals surface area contributed by atoms with Gasteiger partial charge in [-0.2, -0.15) is 0 Å². The topological polar surface area (TPSA) is 8.17 Å². The van der Waals surface area contributed by atoms with Crippen LogP contribution in [0.2, 0.25) is 0 Å². The maximum atomic E-state index is 2.49. The quantitative estimate of drug-likeness (QED) is 0.133. The molecule has 0 N–H and O–H groups in total. The highest BCUT2D eigenvalue weighted by atomic mass is 15.1. The number of benzene rings is 12. The molecule has 2 heteroatoms. The zero-order valence-corrected chi connectivity index (χ0v) is 41.3. The summed E-state index contributed by atoms with van der Waals surface area (Å²) in [6, 6.07) is 111. The first-order valence-corrected chi connectivity index (χ1v) is 25.9. The molecule has 1 aliphatic carbocycles. The van der Waals surface area contributed by atoms with Gasteiger partial charge in [-0.05, 0) is 139 Å². The van der Waals surface area contributed by atoms with Crippen molar-refractivity contribution in [1.82, 2.24) is 4.57 Å². The summed E-state index contributed by atoms with van der Waals surface area (Å²) < 4.78 is 2.49. The van der Waals surface area contributed by atoms with Gasteiger partial charge in [0.2, 0.25) is 0 Å². The van der Waals surface area contributed by atoms with Crippen LogP contribution in [0.5, 0.6) is 0 Å². The number of fused-ring (bicyclic) bond motifs is 6. The van der Waals surface area contributed by atoms with Crippen molar-refractivity contribution in [3.05, 3.63) is 326 Å². The lowest BCUT2D eigenvalue weighted by Crippen LogP contribution is -2.28. The van der Waals surface area contributed by atoms with E-state index in [1.807, 2.05) is 0 Å². The van der Waals surface area contributed by atoms with E-state index < -0.39 is 5.41 Å². The lowest BCUT2D eigenvalue weighted by molar-refractivity contribution is 0.767. The third-order valence-electron chi connectivity index (χ3n) is 15.5. The molecule has 0 fully saturated rings. The smallest absolute Gasteiger partial charge is 0.0714 e. The van der Waals surface area contributed by atoms with Gasteiger partial charge in [0, 0.05) is 33.5 Å². The number of anilines is 3. The number of rotatable bonds is 10. The van der Waals surface area contributed by atoms with E-state index in [9.17, 15) is 0 Å². The van der Waals surface area contributed by atoms with E-state index in [0.29, 0.717) is 0 Å². The van der Waals surface area contributed by atoms with E-state index in [1.165, 1.54) is 94.1 Å². The van der Waals surface area contributed by atoms with Crippen LogP contribution in [0, 0.1) is 0 Å². The molecule has 352 valence electrons. The largest absolute Gasteiger partial charge is 0.311 e. The lowest BCUT2D eigenvalue weighted by atomic mass is 9.67. The van der Waals surface area contributed by atoms with Crippen molar-refractivity contribution in [2.75, 3.05) is 4.90 Å². The van der Waals surface area contributed by atoms with Gasteiger partial charge in [-0.3, -0.25) is 0 Å². The first-order chi connectivity index (χ1) is 37.2. The molecule has 0 spiro atoms. The van der Waals surface area contributed by atoms with E-state index in [1.54, 1.807) is 0 Å². The number of aromatic nitrogens is 1. The summed E-state index contributed by atoms with van der Waals surface area (Å²) in [5.74, 6) is 0. The SMILES string of the molecule is c1ccc(-c2ccc(-c3ccc(N(c4ccccc4)c4ccc(-c5ccccc5-c5ccc6c7ccccc7n(-c7ccc8c(c7)C(c7ccccc7)(c7ccccc7)c7ccccc7-8)c6c5)cc4)cc3)cc2)cc1. The summed E-state index contributed by atoms with van der Waals surface area (Å²) in [5.41, 5.74) is 23.5. The molecule has 0 unspecified atom stereocenters. The van der Waals surface area contributed by atoms with E-state index >= 15 is 0 Å². The molecule has 13 aromatic rings. The molecule has 0 saturated carbocycles. The van der Waals surface area contributed by atoms with Crippen molar-refractivity contribution in [1.29, 1.82) is 0 Å². The van der Waals surface area contributed by atoms with E-state index in [0.717, 1.165) is 28.3 Å². The third-order valence-corrected chi connectivity index (χ3v) is 15.5. The van der Waals surface area contributed by atoms with Crippen molar-refractivity contribution in [2.24, 2.45) is 0 Å². The van der Waals surface area contributed by atoms with Gasteiger partial charge in [0.15, 0.2) is 0 Å². The highest BCUT2D eigenvalue weighted by molar-refractivity contribution is 6.10. The predicted molar refractivity (Wildman–Crippen MR) is 315 cm³/mol. The van der Waals surface area contributed by atoms with Crippen molar-refractivity contribution in [2.45, 2.75) is 5.41 Å². The number of hydrogen-bond acceptors (Lipinski definition) is 1. The molecule has 0 bridgehead atoms. The number of para-hydroxylation sites is 2. The molecule has 0 aliphatic heterocycles. The fourth-order valence-electron chi connectivity index (χ4n) is 12.1. The zero-order valence-electron chi connectivity index (χ0n) is 41.3. The van der Waals surface area contributed by atoms with Crippen LogP contribution < -0.4 is 4.90 Å². The Hall–Kier alpha value is -9.76. The normalized spacial score (nSPS) is 12.4. The molecule has 12 aromatic carbocycles. The minimum absolute atomic E-state index is 0.498. The Morgan fingerprint density at radius 2 is 0.680 bits per heavy atom. The summed E-state index contributed by atoms with van der Waals surface area (Å²) in [7, 11) is 0. The fourth-order valence-corrected chi connectivity index (χ4v) is 12.1. The number of hydrogen-bond donors (Lipinski definition) is 0. The summed E-state index contributed by atoms with van der Waals surface area (Å²) in [5, 5.41) is 2.46. The third kappa shape index (κ3) is 7.41. The molecule has 1 aromatic heterocycles. The zero-order chi connectivity index (χ0) is 49.7. The van der Waals surface area contributed by atoms with Crippen molar-refractivity contribution in [3.8, 4) is 61.3 Å². The summed E-state index contributed by atoms with van der Waals surface area (Å²) in [6.45, 7) is 0. The average Bonchev–Trinajstić information content (AvgIpc) is 4.10. The van der Waals surface area contributed by atoms with Gasteiger partial charge in [0.25, 0.3) is 0 Å². The maximum Gasteiger partial charge on any atom is 0.0714 e. The molecule has 2 nitrogen and oxygen atoms in total. The second kappa shape index (κ2) is 18.4. The first kappa shape index (κ1) is 44.0. The van der Waals surface area contributed by atoms with Crippen LogP contribution in [0.25, 0.3) is 83.1 Å². The van der Waals surface area contributed by atoms with Crippen molar-refractivity contribution < 1.29 is 0 Å². The molecular formula is C73H50N2. The van der Waals surface area contributed by atoms with Crippen LogP contribution in [0.15, 0.2) is 303 Å². The summed E-state index contributed by atoms with van der Waals surface area (Å²) >= 11 is 0. The van der Waals surface area contributed by atoms with Crippen LogP contribution >= 0.6 is 0 Å². The Kier molecular flexibility index (Phi) is 10.8. The second-order valence-corrected chi connectivity index (χ2v) is 19.6. The molecule has 0 amide bonds. The van der Waals surface area contributed by atoms with Crippen LogP contribution in [0.3, 0.4) is 0 Å².